The molecule has 1 aromatic carbocycles. The summed E-state index contributed by atoms with van der Waals surface area (Å²) in [6.07, 6.45) is 12.0. The molecule has 3 heteroatoms. The van der Waals surface area contributed by atoms with E-state index in [4.69, 9.17) is 9.84 Å². The molecule has 0 radical (unpaired) electrons. The maximum Gasteiger partial charge on any atom is 0.145 e. The van der Waals surface area contributed by atoms with Gasteiger partial charge in [-0.3, -0.25) is 0 Å². The largest absolute Gasteiger partial charge is 0.508 e. The van der Waals surface area contributed by atoms with Crippen LogP contribution < -0.4 is 0 Å². The van der Waals surface area contributed by atoms with Gasteiger partial charge in [0.15, 0.2) is 0 Å². The molecule has 0 heterocycles. The van der Waals surface area contributed by atoms with E-state index >= 15 is 0 Å². The van der Waals surface area contributed by atoms with Crippen LogP contribution in [-0.2, 0) is 4.74 Å². The molecule has 0 fully saturated rings. The van der Waals surface area contributed by atoms with Gasteiger partial charge in [-0.2, -0.15) is 0 Å². The van der Waals surface area contributed by atoms with Crippen LogP contribution in [0.4, 0.5) is 0 Å². The summed E-state index contributed by atoms with van der Waals surface area (Å²) in [6, 6.07) is 7.26. The summed E-state index contributed by atoms with van der Waals surface area (Å²) in [5, 5.41) is 17.0. The van der Waals surface area contributed by atoms with Crippen molar-refractivity contribution in [1.82, 2.24) is 0 Å². The van der Waals surface area contributed by atoms with E-state index in [0.717, 1.165) is 38.4 Å². The first-order chi connectivity index (χ1) is 12.9. The third-order valence-corrected chi connectivity index (χ3v) is 4.04. The Hall–Kier alpha value is -2.26. The second kappa shape index (κ2) is 14.9. The normalized spacial score (nSPS) is 12.5. The van der Waals surface area contributed by atoms with E-state index in [-0.39, 0.29) is 11.9 Å². The van der Waals surface area contributed by atoms with Gasteiger partial charge in [0.1, 0.15) is 11.9 Å². The maximum absolute atomic E-state index is 10.0. The summed E-state index contributed by atoms with van der Waals surface area (Å²) in [5.74, 6) is 0.244. The highest BCUT2D eigenvalue weighted by Crippen LogP contribution is 2.29. The van der Waals surface area contributed by atoms with Crippen LogP contribution in [0.3, 0.4) is 0 Å². The van der Waals surface area contributed by atoms with Crippen LogP contribution in [0.1, 0.15) is 65.0 Å². The SMILES string of the molecule is C=COC(/C=C(\C)CC/C=C(\C)CCC=C(C)C)c1ccccc1O.CO. The molecule has 0 saturated heterocycles. The fourth-order valence-corrected chi connectivity index (χ4v) is 2.61. The van der Waals surface area contributed by atoms with E-state index in [2.05, 4.69) is 52.5 Å². The van der Waals surface area contributed by atoms with Crippen molar-refractivity contribution in [1.29, 1.82) is 0 Å². The Balaban J connectivity index is 0.00000326. The van der Waals surface area contributed by atoms with Crippen molar-refractivity contribution in [2.75, 3.05) is 7.11 Å². The van der Waals surface area contributed by atoms with Crippen molar-refractivity contribution < 1.29 is 14.9 Å². The number of rotatable bonds is 10. The molecule has 1 atom stereocenters. The van der Waals surface area contributed by atoms with Crippen LogP contribution in [0.5, 0.6) is 5.75 Å². The number of aliphatic hydroxyl groups excluding tert-OH is 1. The zero-order chi connectivity index (χ0) is 20.7. The molecule has 0 aliphatic heterocycles. The number of benzene rings is 1. The number of aromatic hydroxyl groups is 1. The predicted molar refractivity (Wildman–Crippen MR) is 116 cm³/mol. The molecule has 1 rings (SSSR count). The van der Waals surface area contributed by atoms with Crippen LogP contribution in [0.15, 0.2) is 72.1 Å². The van der Waals surface area contributed by atoms with E-state index in [0.29, 0.717) is 0 Å². The van der Waals surface area contributed by atoms with Crippen molar-refractivity contribution in [3.05, 3.63) is 77.6 Å². The quantitative estimate of drug-likeness (QED) is 0.358. The second-order valence-electron chi connectivity index (χ2n) is 6.70. The molecule has 0 aromatic heterocycles. The topological polar surface area (TPSA) is 49.7 Å². The van der Waals surface area contributed by atoms with Gasteiger partial charge in [0.2, 0.25) is 0 Å². The molecule has 0 bridgehead atoms. The monoisotopic (exact) mass is 372 g/mol. The standard InChI is InChI=1S/C23H32O2.CH4O/c1-6-25-23(21-15-7-8-16-22(21)24)17-20(5)14-10-13-19(4)12-9-11-18(2)3;1-2/h6-8,11,13,15-17,23-24H,1,9-10,12,14H2,2-5H3;2H,1H3/b19-13+,20-17+;. The van der Waals surface area contributed by atoms with Gasteiger partial charge in [0, 0.05) is 12.7 Å². The van der Waals surface area contributed by atoms with Crippen molar-refractivity contribution in [3.63, 3.8) is 0 Å². The molecule has 0 saturated carbocycles. The number of phenolic OH excluding ortho intramolecular Hbond substituents is 1. The first kappa shape index (κ1) is 24.7. The lowest BCUT2D eigenvalue weighted by Crippen LogP contribution is -1.98. The number of ether oxygens (including phenoxy) is 1. The fraction of sp³-hybridized carbons (Fsp3) is 0.417. The summed E-state index contributed by atoms with van der Waals surface area (Å²) in [6.45, 7) is 12.2. The molecular weight excluding hydrogens is 336 g/mol. The minimum Gasteiger partial charge on any atom is -0.508 e. The Morgan fingerprint density at radius 2 is 1.59 bits per heavy atom. The molecule has 27 heavy (non-hydrogen) atoms. The smallest absolute Gasteiger partial charge is 0.145 e. The van der Waals surface area contributed by atoms with Gasteiger partial charge in [-0.1, -0.05) is 53.6 Å². The van der Waals surface area contributed by atoms with Crippen LogP contribution in [0, 0.1) is 0 Å². The number of hydrogen-bond acceptors (Lipinski definition) is 3. The molecule has 0 spiro atoms. The van der Waals surface area contributed by atoms with Gasteiger partial charge in [-0.05, 0) is 65.5 Å². The van der Waals surface area contributed by atoms with E-state index in [1.165, 1.54) is 23.0 Å². The predicted octanol–water partition coefficient (Wildman–Crippen LogP) is 6.62. The zero-order valence-corrected chi connectivity index (χ0v) is 17.5. The highest BCUT2D eigenvalue weighted by molar-refractivity contribution is 5.36. The molecule has 0 aliphatic rings. The van der Waals surface area contributed by atoms with E-state index in [9.17, 15) is 5.11 Å². The minimum absolute atomic E-state index is 0.244. The fourth-order valence-electron chi connectivity index (χ4n) is 2.61. The van der Waals surface area contributed by atoms with Crippen LogP contribution >= 0.6 is 0 Å². The van der Waals surface area contributed by atoms with Gasteiger partial charge in [0.25, 0.3) is 0 Å². The third-order valence-electron chi connectivity index (χ3n) is 4.04. The van der Waals surface area contributed by atoms with Gasteiger partial charge < -0.3 is 14.9 Å². The first-order valence-corrected chi connectivity index (χ1v) is 9.39. The molecule has 150 valence electrons. The average molecular weight is 373 g/mol. The Labute approximate surface area is 165 Å². The Morgan fingerprint density at radius 1 is 1.00 bits per heavy atom. The lowest BCUT2D eigenvalue weighted by molar-refractivity contribution is 0.186. The number of aliphatic hydroxyl groups is 1. The highest BCUT2D eigenvalue weighted by atomic mass is 16.5. The van der Waals surface area contributed by atoms with Crippen molar-refractivity contribution >= 4 is 0 Å². The number of phenols is 1. The van der Waals surface area contributed by atoms with Gasteiger partial charge in [0.05, 0.1) is 6.26 Å². The van der Waals surface area contributed by atoms with Gasteiger partial charge in [-0.15, -0.1) is 0 Å². The molecular formula is C24H36O3. The summed E-state index contributed by atoms with van der Waals surface area (Å²) in [7, 11) is 1.00. The number of para-hydroxylation sites is 1. The Bertz CT molecular complexity index is 635. The van der Waals surface area contributed by atoms with Crippen LogP contribution in [-0.4, -0.2) is 17.3 Å². The first-order valence-electron chi connectivity index (χ1n) is 9.39. The lowest BCUT2D eigenvalue weighted by Gasteiger charge is -2.15. The molecule has 1 aromatic rings. The molecule has 3 nitrogen and oxygen atoms in total. The van der Waals surface area contributed by atoms with Crippen molar-refractivity contribution in [3.8, 4) is 5.75 Å². The lowest BCUT2D eigenvalue weighted by atomic mass is 10.0. The van der Waals surface area contributed by atoms with Crippen molar-refractivity contribution in [2.45, 2.75) is 59.5 Å². The second-order valence-corrected chi connectivity index (χ2v) is 6.70. The van der Waals surface area contributed by atoms with E-state index in [1.807, 2.05) is 18.2 Å². The molecule has 0 aliphatic carbocycles. The Kier molecular flexibility index (Phi) is 13.6. The van der Waals surface area contributed by atoms with Crippen LogP contribution in [0.25, 0.3) is 0 Å². The average Bonchev–Trinajstić information content (AvgIpc) is 2.63. The van der Waals surface area contributed by atoms with Gasteiger partial charge >= 0.3 is 0 Å². The number of hydrogen-bond donors (Lipinski definition) is 2. The van der Waals surface area contributed by atoms with E-state index in [1.54, 1.807) is 6.07 Å². The molecule has 2 N–H and O–H groups in total. The zero-order valence-electron chi connectivity index (χ0n) is 17.5. The summed E-state index contributed by atoms with van der Waals surface area (Å²) >= 11 is 0. The highest BCUT2D eigenvalue weighted by Gasteiger charge is 2.12. The van der Waals surface area contributed by atoms with Crippen molar-refractivity contribution in [2.24, 2.45) is 0 Å². The summed E-state index contributed by atoms with van der Waals surface area (Å²) < 4.78 is 5.59. The van der Waals surface area contributed by atoms with Gasteiger partial charge in [-0.25, -0.2) is 0 Å². The minimum atomic E-state index is -0.304. The molecule has 0 amide bonds. The Morgan fingerprint density at radius 3 is 2.19 bits per heavy atom. The molecule has 1 unspecified atom stereocenters. The van der Waals surface area contributed by atoms with E-state index < -0.39 is 0 Å². The summed E-state index contributed by atoms with van der Waals surface area (Å²) in [4.78, 5) is 0. The summed E-state index contributed by atoms with van der Waals surface area (Å²) in [5.41, 5.74) is 4.81. The third kappa shape index (κ3) is 11.1. The van der Waals surface area contributed by atoms with Crippen LogP contribution in [0.2, 0.25) is 0 Å². The number of allylic oxidation sites excluding steroid dienone is 5. The maximum atomic E-state index is 10.0.